The molecular weight excluding hydrogens is 284 g/mol. The number of hydrogen-bond donors (Lipinski definition) is 3. The van der Waals surface area contributed by atoms with E-state index in [4.69, 9.17) is 0 Å². The van der Waals surface area contributed by atoms with Gasteiger partial charge in [0.15, 0.2) is 0 Å². The lowest BCUT2D eigenvalue weighted by Crippen LogP contribution is -2.40. The number of urea groups is 1. The summed E-state index contributed by atoms with van der Waals surface area (Å²) in [5.41, 5.74) is 0.0671. The van der Waals surface area contributed by atoms with Crippen LogP contribution in [0.3, 0.4) is 0 Å². The zero-order chi connectivity index (χ0) is 16.3. The number of nitrogens with one attached hydrogen (secondary N) is 3. The molecule has 1 heterocycles. The molecule has 1 atom stereocenters. The van der Waals surface area contributed by atoms with E-state index in [9.17, 15) is 14.4 Å². The molecule has 0 aliphatic carbocycles. The summed E-state index contributed by atoms with van der Waals surface area (Å²) in [4.78, 5) is 37.0. The van der Waals surface area contributed by atoms with Crippen LogP contribution in [0, 0.1) is 0 Å². The summed E-state index contributed by atoms with van der Waals surface area (Å²) in [5.74, 6) is -0.491. The lowest BCUT2D eigenvalue weighted by atomic mass is 9.91. The minimum Gasteiger partial charge on any atom is -0.340 e. The first-order valence-electron chi connectivity index (χ1n) is 7.02. The van der Waals surface area contributed by atoms with E-state index in [2.05, 4.69) is 16.0 Å². The number of hydrogen-bond acceptors (Lipinski definition) is 4. The van der Waals surface area contributed by atoms with Gasteiger partial charge in [0, 0.05) is 25.7 Å². The van der Waals surface area contributed by atoms with E-state index in [1.54, 1.807) is 43.1 Å². The van der Waals surface area contributed by atoms with Gasteiger partial charge >= 0.3 is 6.03 Å². The van der Waals surface area contributed by atoms with Crippen LogP contribution in [-0.4, -0.2) is 49.9 Å². The summed E-state index contributed by atoms with van der Waals surface area (Å²) in [7, 11) is 3.56. The summed E-state index contributed by atoms with van der Waals surface area (Å²) < 4.78 is 0. The fraction of sp³-hybridized carbons (Fsp3) is 0.400. The molecule has 0 saturated carbocycles. The van der Waals surface area contributed by atoms with Crippen molar-refractivity contribution >= 4 is 17.8 Å². The zero-order valence-electron chi connectivity index (χ0n) is 12.9. The Bertz CT molecular complexity index is 599. The van der Waals surface area contributed by atoms with E-state index < -0.39 is 17.5 Å². The fourth-order valence-electron chi connectivity index (χ4n) is 2.29. The van der Waals surface area contributed by atoms with Crippen LogP contribution in [-0.2, 0) is 10.3 Å². The molecule has 1 unspecified atom stereocenters. The molecule has 1 saturated heterocycles. The average molecular weight is 304 g/mol. The monoisotopic (exact) mass is 304 g/mol. The van der Waals surface area contributed by atoms with Crippen molar-refractivity contribution in [3.63, 3.8) is 0 Å². The van der Waals surface area contributed by atoms with Gasteiger partial charge in [0.2, 0.25) is 0 Å². The largest absolute Gasteiger partial charge is 0.340 e. The normalized spacial score (nSPS) is 20.5. The highest BCUT2D eigenvalue weighted by molar-refractivity contribution is 6.07. The summed E-state index contributed by atoms with van der Waals surface area (Å²) in [6.07, 6.45) is 0. The highest BCUT2D eigenvalue weighted by Crippen LogP contribution is 2.24. The number of imide groups is 1. The highest BCUT2D eigenvalue weighted by Gasteiger charge is 2.43. The van der Waals surface area contributed by atoms with E-state index in [1.807, 2.05) is 7.05 Å². The van der Waals surface area contributed by atoms with Crippen molar-refractivity contribution in [3.8, 4) is 0 Å². The zero-order valence-corrected chi connectivity index (χ0v) is 12.9. The van der Waals surface area contributed by atoms with E-state index in [0.717, 1.165) is 0 Å². The topological polar surface area (TPSA) is 90.5 Å². The molecular formula is C15H20N4O3. The van der Waals surface area contributed by atoms with Gasteiger partial charge in [-0.25, -0.2) is 4.79 Å². The fourth-order valence-corrected chi connectivity index (χ4v) is 2.29. The van der Waals surface area contributed by atoms with Crippen LogP contribution in [0.5, 0.6) is 0 Å². The van der Waals surface area contributed by atoms with Gasteiger partial charge in [0.25, 0.3) is 11.8 Å². The molecule has 0 bridgehead atoms. The minimum absolute atomic E-state index is 0.0909. The van der Waals surface area contributed by atoms with Crippen LogP contribution in [0.4, 0.5) is 4.79 Å². The molecule has 0 aromatic heterocycles. The van der Waals surface area contributed by atoms with Crippen LogP contribution in [0.25, 0.3) is 0 Å². The Kier molecular flexibility index (Phi) is 4.46. The molecule has 7 heteroatoms. The van der Waals surface area contributed by atoms with Crippen LogP contribution < -0.4 is 16.0 Å². The van der Waals surface area contributed by atoms with E-state index in [0.29, 0.717) is 24.2 Å². The number of carbonyl (C=O) groups excluding carboxylic acids is 3. The highest BCUT2D eigenvalue weighted by atomic mass is 16.2. The van der Waals surface area contributed by atoms with Crippen LogP contribution in [0.15, 0.2) is 24.3 Å². The summed E-state index contributed by atoms with van der Waals surface area (Å²) in [6.45, 7) is 2.95. The predicted octanol–water partition coefficient (Wildman–Crippen LogP) is 0.0326. The second kappa shape index (κ2) is 6.15. The summed E-state index contributed by atoms with van der Waals surface area (Å²) >= 11 is 0. The van der Waals surface area contributed by atoms with Crippen LogP contribution in [0.1, 0.15) is 22.8 Å². The van der Waals surface area contributed by atoms with Gasteiger partial charge in [-0.2, -0.15) is 0 Å². The number of carbonyl (C=O) groups is 3. The van der Waals surface area contributed by atoms with Gasteiger partial charge in [-0.1, -0.05) is 12.1 Å². The maximum absolute atomic E-state index is 12.2. The SMILES string of the molecule is CNCCN(C)C(=O)c1ccc(C2(C)NC(=O)NC2=O)cc1. The first kappa shape index (κ1) is 16.0. The molecule has 1 aliphatic rings. The van der Waals surface area contributed by atoms with Crippen molar-refractivity contribution in [2.24, 2.45) is 0 Å². The van der Waals surface area contributed by atoms with Gasteiger partial charge in [-0.15, -0.1) is 0 Å². The number of amides is 4. The van der Waals surface area contributed by atoms with Gasteiger partial charge in [-0.3, -0.25) is 14.9 Å². The number of likely N-dealkylation sites (N-methyl/N-ethyl adjacent to an activating group) is 2. The third-order valence-corrected chi connectivity index (χ3v) is 3.80. The maximum Gasteiger partial charge on any atom is 0.322 e. The van der Waals surface area contributed by atoms with Crippen LogP contribution in [0.2, 0.25) is 0 Å². The number of rotatable bonds is 5. The van der Waals surface area contributed by atoms with Crippen LogP contribution >= 0.6 is 0 Å². The lowest BCUT2D eigenvalue weighted by Gasteiger charge is -2.22. The van der Waals surface area contributed by atoms with Gasteiger partial charge in [0.1, 0.15) is 5.54 Å². The molecule has 2 rings (SSSR count). The molecule has 1 aliphatic heterocycles. The smallest absolute Gasteiger partial charge is 0.322 e. The van der Waals surface area contributed by atoms with E-state index >= 15 is 0 Å². The Hall–Kier alpha value is -2.41. The Morgan fingerprint density at radius 2 is 1.91 bits per heavy atom. The lowest BCUT2D eigenvalue weighted by molar-refractivity contribution is -0.123. The van der Waals surface area contributed by atoms with Gasteiger partial charge < -0.3 is 15.5 Å². The minimum atomic E-state index is -1.10. The molecule has 0 spiro atoms. The molecule has 118 valence electrons. The molecule has 22 heavy (non-hydrogen) atoms. The first-order valence-corrected chi connectivity index (χ1v) is 7.02. The quantitative estimate of drug-likeness (QED) is 0.670. The van der Waals surface area contributed by atoms with E-state index in [1.165, 1.54) is 0 Å². The second-order valence-electron chi connectivity index (χ2n) is 5.44. The van der Waals surface area contributed by atoms with Crippen molar-refractivity contribution in [2.45, 2.75) is 12.5 Å². The van der Waals surface area contributed by atoms with Crippen molar-refractivity contribution < 1.29 is 14.4 Å². The Morgan fingerprint density at radius 1 is 1.27 bits per heavy atom. The number of nitrogens with zero attached hydrogens (tertiary/aromatic N) is 1. The molecule has 1 aromatic carbocycles. The van der Waals surface area contributed by atoms with Gasteiger partial charge in [0.05, 0.1) is 0 Å². The third-order valence-electron chi connectivity index (χ3n) is 3.80. The van der Waals surface area contributed by atoms with Gasteiger partial charge in [-0.05, 0) is 31.7 Å². The predicted molar refractivity (Wildman–Crippen MR) is 81.4 cm³/mol. The standard InChI is InChI=1S/C15H20N4O3/c1-15(13(21)17-14(22)18-15)11-6-4-10(5-7-11)12(20)19(3)9-8-16-2/h4-7,16H,8-9H2,1-3H3,(H2,17,18,21,22). The molecule has 1 aromatic rings. The second-order valence-corrected chi connectivity index (χ2v) is 5.44. The molecule has 0 radical (unpaired) electrons. The van der Waals surface area contributed by atoms with Crippen molar-refractivity contribution in [2.75, 3.05) is 27.2 Å². The Labute approximate surface area is 129 Å². The molecule has 7 nitrogen and oxygen atoms in total. The Morgan fingerprint density at radius 3 is 2.41 bits per heavy atom. The molecule has 1 fully saturated rings. The molecule has 4 amide bonds. The molecule has 3 N–H and O–H groups in total. The summed E-state index contributed by atoms with van der Waals surface area (Å²) in [6, 6.07) is 6.18. The Balaban J connectivity index is 2.15. The summed E-state index contributed by atoms with van der Waals surface area (Å²) in [5, 5.41) is 7.79. The number of benzene rings is 1. The van der Waals surface area contributed by atoms with E-state index in [-0.39, 0.29) is 5.91 Å². The van der Waals surface area contributed by atoms with Crippen molar-refractivity contribution in [1.82, 2.24) is 20.9 Å². The average Bonchev–Trinajstić information content (AvgIpc) is 2.77. The van der Waals surface area contributed by atoms with Crippen molar-refractivity contribution in [1.29, 1.82) is 0 Å². The van der Waals surface area contributed by atoms with Crippen molar-refractivity contribution in [3.05, 3.63) is 35.4 Å². The maximum atomic E-state index is 12.2. The third kappa shape index (κ3) is 2.94. The first-order chi connectivity index (χ1) is 10.4.